The average Bonchev–Trinajstić information content (AvgIpc) is 2.41. The highest BCUT2D eigenvalue weighted by Crippen LogP contribution is 2.21. The Morgan fingerprint density at radius 3 is 2.85 bits per heavy atom. The third kappa shape index (κ3) is 2.47. The first-order valence-electron chi connectivity index (χ1n) is 6.25. The highest BCUT2D eigenvalue weighted by Gasteiger charge is 2.30. The number of amides is 2. The quantitative estimate of drug-likeness (QED) is 0.641. The van der Waals surface area contributed by atoms with E-state index in [1.165, 1.54) is 11.0 Å². The van der Waals surface area contributed by atoms with Crippen molar-refractivity contribution in [2.45, 2.75) is 19.9 Å². The molecule has 1 unspecified atom stereocenters. The van der Waals surface area contributed by atoms with E-state index in [9.17, 15) is 19.7 Å². The predicted molar refractivity (Wildman–Crippen MR) is 71.3 cm³/mol. The van der Waals surface area contributed by atoms with Crippen molar-refractivity contribution in [3.63, 3.8) is 0 Å². The number of nitro benzene ring substituents is 1. The van der Waals surface area contributed by atoms with Crippen LogP contribution < -0.4 is 5.32 Å². The molecule has 0 saturated carbocycles. The van der Waals surface area contributed by atoms with Gasteiger partial charge in [0.1, 0.15) is 6.04 Å². The molecular formula is C13H15N3O4. The maximum Gasteiger partial charge on any atom is 0.273 e. The number of rotatable bonds is 2. The highest BCUT2D eigenvalue weighted by molar-refractivity contribution is 5.98. The molecule has 1 fully saturated rings. The van der Waals surface area contributed by atoms with Crippen LogP contribution in [0.1, 0.15) is 22.8 Å². The minimum absolute atomic E-state index is 0.0926. The van der Waals surface area contributed by atoms with Crippen LogP contribution in [0.4, 0.5) is 5.69 Å². The number of aryl methyl sites for hydroxylation is 1. The van der Waals surface area contributed by atoms with Crippen molar-refractivity contribution in [1.82, 2.24) is 10.2 Å². The molecule has 0 aliphatic carbocycles. The summed E-state index contributed by atoms with van der Waals surface area (Å²) in [5, 5.41) is 13.6. The molecule has 0 spiro atoms. The summed E-state index contributed by atoms with van der Waals surface area (Å²) in [5.74, 6) is -0.582. The Kier molecular flexibility index (Phi) is 3.69. The molecule has 0 aromatic heterocycles. The molecule has 0 bridgehead atoms. The van der Waals surface area contributed by atoms with Crippen LogP contribution in [0.2, 0.25) is 0 Å². The van der Waals surface area contributed by atoms with Gasteiger partial charge in [0.25, 0.3) is 11.6 Å². The fourth-order valence-electron chi connectivity index (χ4n) is 2.16. The normalized spacial score (nSPS) is 18.6. The van der Waals surface area contributed by atoms with Crippen LogP contribution in [0.3, 0.4) is 0 Å². The number of hydrogen-bond acceptors (Lipinski definition) is 4. The smallest absolute Gasteiger partial charge is 0.273 e. The zero-order chi connectivity index (χ0) is 14.9. The number of nitro groups is 1. The summed E-state index contributed by atoms with van der Waals surface area (Å²) in [6, 6.07) is 3.78. The van der Waals surface area contributed by atoms with Crippen LogP contribution in [0.25, 0.3) is 0 Å². The first-order chi connectivity index (χ1) is 9.41. The lowest BCUT2D eigenvalue weighted by molar-refractivity contribution is -0.385. The Bertz CT molecular complexity index is 585. The number of nitrogens with zero attached hydrogens (tertiary/aromatic N) is 2. The molecule has 1 saturated heterocycles. The molecule has 7 heteroatoms. The number of benzene rings is 1. The van der Waals surface area contributed by atoms with Gasteiger partial charge < -0.3 is 10.2 Å². The number of piperazine rings is 1. The Morgan fingerprint density at radius 1 is 1.50 bits per heavy atom. The lowest BCUT2D eigenvalue weighted by atomic mass is 10.1. The van der Waals surface area contributed by atoms with Gasteiger partial charge in [-0.25, -0.2) is 0 Å². The van der Waals surface area contributed by atoms with Crippen molar-refractivity contribution in [1.29, 1.82) is 0 Å². The Morgan fingerprint density at radius 2 is 2.20 bits per heavy atom. The van der Waals surface area contributed by atoms with Gasteiger partial charge >= 0.3 is 0 Å². The average molecular weight is 277 g/mol. The van der Waals surface area contributed by atoms with Crippen molar-refractivity contribution in [3.8, 4) is 0 Å². The van der Waals surface area contributed by atoms with Gasteiger partial charge in [-0.05, 0) is 19.9 Å². The summed E-state index contributed by atoms with van der Waals surface area (Å²) >= 11 is 0. The third-order valence-corrected chi connectivity index (χ3v) is 3.41. The summed E-state index contributed by atoms with van der Waals surface area (Å²) in [5.41, 5.74) is 0.629. The van der Waals surface area contributed by atoms with E-state index in [0.29, 0.717) is 18.7 Å². The molecule has 1 atom stereocenters. The molecule has 1 aliphatic heterocycles. The second-order valence-electron chi connectivity index (χ2n) is 4.72. The first-order valence-corrected chi connectivity index (χ1v) is 6.25. The summed E-state index contributed by atoms with van der Waals surface area (Å²) < 4.78 is 0. The van der Waals surface area contributed by atoms with E-state index < -0.39 is 11.0 Å². The second kappa shape index (κ2) is 5.28. The maximum atomic E-state index is 12.4. The second-order valence-corrected chi connectivity index (χ2v) is 4.72. The summed E-state index contributed by atoms with van der Waals surface area (Å²) in [6.45, 7) is 4.04. The molecule has 1 aromatic carbocycles. The van der Waals surface area contributed by atoms with Crippen molar-refractivity contribution < 1.29 is 14.5 Å². The third-order valence-electron chi connectivity index (χ3n) is 3.41. The van der Waals surface area contributed by atoms with Gasteiger partial charge in [-0.3, -0.25) is 19.7 Å². The van der Waals surface area contributed by atoms with Gasteiger partial charge in [0.2, 0.25) is 5.91 Å². The van der Waals surface area contributed by atoms with Gasteiger partial charge in [-0.2, -0.15) is 0 Å². The van der Waals surface area contributed by atoms with E-state index in [4.69, 9.17) is 0 Å². The van der Waals surface area contributed by atoms with Crippen LogP contribution in [0, 0.1) is 17.0 Å². The molecule has 106 valence electrons. The van der Waals surface area contributed by atoms with E-state index in [1.54, 1.807) is 26.0 Å². The predicted octanol–water partition coefficient (Wildman–Crippen LogP) is 0.864. The van der Waals surface area contributed by atoms with E-state index in [0.717, 1.165) is 0 Å². The molecule has 1 aliphatic rings. The number of carbonyl (C=O) groups excluding carboxylic acids is 2. The summed E-state index contributed by atoms with van der Waals surface area (Å²) in [4.78, 5) is 35.7. The Labute approximate surface area is 115 Å². The zero-order valence-electron chi connectivity index (χ0n) is 11.3. The van der Waals surface area contributed by atoms with Crippen molar-refractivity contribution >= 4 is 17.5 Å². The monoisotopic (exact) mass is 277 g/mol. The lowest BCUT2D eigenvalue weighted by Crippen LogP contribution is -2.55. The number of carbonyl (C=O) groups is 2. The van der Waals surface area contributed by atoms with E-state index >= 15 is 0 Å². The fourth-order valence-corrected chi connectivity index (χ4v) is 2.16. The zero-order valence-corrected chi connectivity index (χ0v) is 11.3. The largest absolute Gasteiger partial charge is 0.353 e. The standard InChI is InChI=1S/C13H15N3O4/c1-8-3-4-10(7-11(8)16(19)20)13(18)15-6-5-14-12(17)9(15)2/h3-4,7,9H,5-6H2,1-2H3,(H,14,17). The van der Waals surface area contributed by atoms with Crippen molar-refractivity contribution in [2.24, 2.45) is 0 Å². The van der Waals surface area contributed by atoms with Gasteiger partial charge in [0, 0.05) is 30.3 Å². The van der Waals surface area contributed by atoms with E-state index in [2.05, 4.69) is 5.32 Å². The molecule has 0 radical (unpaired) electrons. The van der Waals surface area contributed by atoms with Gasteiger partial charge in [-0.15, -0.1) is 0 Å². The SMILES string of the molecule is Cc1ccc(C(=O)N2CCNC(=O)C2C)cc1[N+](=O)[O-]. The van der Waals surface area contributed by atoms with Crippen LogP contribution in [0.15, 0.2) is 18.2 Å². The number of nitrogens with one attached hydrogen (secondary N) is 1. The van der Waals surface area contributed by atoms with Gasteiger partial charge in [0.15, 0.2) is 0 Å². The Hall–Kier alpha value is -2.44. The molecular weight excluding hydrogens is 262 g/mol. The highest BCUT2D eigenvalue weighted by atomic mass is 16.6. The fraction of sp³-hybridized carbons (Fsp3) is 0.385. The minimum Gasteiger partial charge on any atom is -0.353 e. The van der Waals surface area contributed by atoms with Gasteiger partial charge in [0.05, 0.1) is 4.92 Å². The Balaban J connectivity index is 2.31. The van der Waals surface area contributed by atoms with Crippen LogP contribution >= 0.6 is 0 Å². The molecule has 1 N–H and O–H groups in total. The minimum atomic E-state index is -0.573. The molecule has 1 aromatic rings. The first kappa shape index (κ1) is 14.0. The molecule has 7 nitrogen and oxygen atoms in total. The van der Waals surface area contributed by atoms with E-state index in [1.807, 2.05) is 0 Å². The summed E-state index contributed by atoms with van der Waals surface area (Å²) in [6.07, 6.45) is 0. The van der Waals surface area contributed by atoms with E-state index in [-0.39, 0.29) is 23.1 Å². The molecule has 1 heterocycles. The lowest BCUT2D eigenvalue weighted by Gasteiger charge is -2.32. The van der Waals surface area contributed by atoms with Crippen LogP contribution in [-0.2, 0) is 4.79 Å². The number of hydrogen-bond donors (Lipinski definition) is 1. The maximum absolute atomic E-state index is 12.4. The van der Waals surface area contributed by atoms with Crippen molar-refractivity contribution in [2.75, 3.05) is 13.1 Å². The summed E-state index contributed by atoms with van der Waals surface area (Å²) in [7, 11) is 0. The van der Waals surface area contributed by atoms with Gasteiger partial charge in [-0.1, -0.05) is 6.07 Å². The molecule has 2 amide bonds. The van der Waals surface area contributed by atoms with Crippen LogP contribution in [-0.4, -0.2) is 40.8 Å². The van der Waals surface area contributed by atoms with Crippen molar-refractivity contribution in [3.05, 3.63) is 39.4 Å². The molecule has 20 heavy (non-hydrogen) atoms. The topological polar surface area (TPSA) is 92.6 Å². The van der Waals surface area contributed by atoms with Crippen LogP contribution in [0.5, 0.6) is 0 Å². The molecule has 2 rings (SSSR count).